The van der Waals surface area contributed by atoms with E-state index < -0.39 is 0 Å². The van der Waals surface area contributed by atoms with Crippen LogP contribution in [0.25, 0.3) is 0 Å². The molecule has 0 radical (unpaired) electrons. The highest BCUT2D eigenvalue weighted by molar-refractivity contribution is 6.29. The molecule has 0 aromatic rings. The van der Waals surface area contributed by atoms with Crippen molar-refractivity contribution < 1.29 is 4.74 Å². The van der Waals surface area contributed by atoms with Crippen LogP contribution in [0.4, 0.5) is 0 Å². The van der Waals surface area contributed by atoms with Gasteiger partial charge in [-0.05, 0) is 32.4 Å². The van der Waals surface area contributed by atoms with Crippen LogP contribution >= 0.6 is 11.6 Å². The highest BCUT2D eigenvalue weighted by Crippen LogP contribution is 2.29. The maximum absolute atomic E-state index is 5.57. The van der Waals surface area contributed by atoms with Crippen LogP contribution in [0, 0.1) is 5.92 Å². The summed E-state index contributed by atoms with van der Waals surface area (Å²) in [6.45, 7) is 5.17. The zero-order chi connectivity index (χ0) is 8.97. The molecule has 0 aromatic heterocycles. The Hall–Kier alpha value is -0.0500. The number of hydrogen-bond donors (Lipinski definition) is 1. The molecule has 0 spiro atoms. The molecule has 1 saturated carbocycles. The summed E-state index contributed by atoms with van der Waals surface area (Å²) >= 11 is 5.57. The lowest BCUT2D eigenvalue weighted by Crippen LogP contribution is -2.37. The number of nitrogens with one attached hydrogen (secondary N) is 1. The first kappa shape index (κ1) is 10.0. The third-order valence-electron chi connectivity index (χ3n) is 2.16. The maximum Gasteiger partial charge on any atom is 0.0820 e. The summed E-state index contributed by atoms with van der Waals surface area (Å²) in [5.74, 6) is 0.795. The van der Waals surface area contributed by atoms with Gasteiger partial charge < -0.3 is 10.1 Å². The second-order valence-electron chi connectivity index (χ2n) is 3.35. The molecule has 1 aliphatic carbocycles. The van der Waals surface area contributed by atoms with E-state index >= 15 is 0 Å². The second-order valence-corrected chi connectivity index (χ2v) is 3.88. The van der Waals surface area contributed by atoms with Gasteiger partial charge in [0, 0.05) is 5.03 Å². The Morgan fingerprint density at radius 2 is 2.33 bits per heavy atom. The highest BCUT2D eigenvalue weighted by Gasteiger charge is 2.28. The summed E-state index contributed by atoms with van der Waals surface area (Å²) < 4.78 is 5.46. The molecular weight excluding hydrogens is 174 g/mol. The van der Waals surface area contributed by atoms with Gasteiger partial charge in [0.1, 0.15) is 0 Å². The predicted molar refractivity (Wildman–Crippen MR) is 51.4 cm³/mol. The summed E-state index contributed by atoms with van der Waals surface area (Å²) in [5.41, 5.74) is 0. The molecule has 0 heterocycles. The average molecular weight is 190 g/mol. The molecule has 0 aliphatic heterocycles. The van der Waals surface area contributed by atoms with Crippen LogP contribution in [0.3, 0.4) is 0 Å². The molecule has 2 nitrogen and oxygen atoms in total. The fraction of sp³-hybridized carbons (Fsp3) is 0.778. The van der Waals surface area contributed by atoms with Crippen molar-refractivity contribution >= 4 is 11.6 Å². The molecule has 70 valence electrons. The van der Waals surface area contributed by atoms with E-state index in [1.165, 1.54) is 0 Å². The number of ether oxygens (including phenoxy) is 1. The lowest BCUT2D eigenvalue weighted by atomic mass is 9.82. The van der Waals surface area contributed by atoms with Crippen LogP contribution in [-0.4, -0.2) is 26.3 Å². The summed E-state index contributed by atoms with van der Waals surface area (Å²) in [7, 11) is 1.98. The minimum absolute atomic E-state index is 0.416. The molecule has 12 heavy (non-hydrogen) atoms. The van der Waals surface area contributed by atoms with Gasteiger partial charge in [-0.1, -0.05) is 18.2 Å². The Balaban J connectivity index is 1.98. The molecule has 3 heteroatoms. The highest BCUT2D eigenvalue weighted by atomic mass is 35.5. The molecule has 0 unspecified atom stereocenters. The molecule has 0 bridgehead atoms. The van der Waals surface area contributed by atoms with E-state index in [1.807, 2.05) is 7.05 Å². The van der Waals surface area contributed by atoms with Gasteiger partial charge in [-0.3, -0.25) is 0 Å². The quantitative estimate of drug-likeness (QED) is 0.712. The predicted octanol–water partition coefficient (Wildman–Crippen LogP) is 1.75. The molecule has 1 N–H and O–H groups in total. The fourth-order valence-electron chi connectivity index (χ4n) is 1.47. The molecule has 1 fully saturated rings. The van der Waals surface area contributed by atoms with Gasteiger partial charge in [-0.25, -0.2) is 0 Å². The van der Waals surface area contributed by atoms with Gasteiger partial charge >= 0.3 is 0 Å². The van der Waals surface area contributed by atoms with Crippen molar-refractivity contribution in [2.75, 3.05) is 20.2 Å². The van der Waals surface area contributed by atoms with Crippen LogP contribution in [-0.2, 0) is 4.74 Å². The molecule has 1 rings (SSSR count). The lowest BCUT2D eigenvalue weighted by molar-refractivity contribution is -0.0171. The van der Waals surface area contributed by atoms with Gasteiger partial charge in [-0.2, -0.15) is 0 Å². The van der Waals surface area contributed by atoms with Gasteiger partial charge in [0.05, 0.1) is 12.7 Å². The molecular formula is C9H16ClNO. The average Bonchev–Trinajstić information content (AvgIpc) is 1.93. The Bertz CT molecular complexity index is 155. The first-order valence-electron chi connectivity index (χ1n) is 4.32. The van der Waals surface area contributed by atoms with Crippen LogP contribution in [0.1, 0.15) is 12.8 Å². The largest absolute Gasteiger partial charge is 0.373 e. The summed E-state index contributed by atoms with van der Waals surface area (Å²) in [5, 5.41) is 3.75. The van der Waals surface area contributed by atoms with Crippen LogP contribution < -0.4 is 5.32 Å². The Labute approximate surface area is 78.9 Å². The minimum Gasteiger partial charge on any atom is -0.373 e. The van der Waals surface area contributed by atoms with Crippen molar-refractivity contribution in [1.82, 2.24) is 5.32 Å². The van der Waals surface area contributed by atoms with Crippen LogP contribution in [0.15, 0.2) is 11.6 Å². The number of hydrogen-bond acceptors (Lipinski definition) is 2. The lowest BCUT2D eigenvalue weighted by Gasteiger charge is -2.34. The third kappa shape index (κ3) is 3.13. The zero-order valence-electron chi connectivity index (χ0n) is 7.48. The van der Waals surface area contributed by atoms with Crippen molar-refractivity contribution in [3.05, 3.63) is 11.6 Å². The topological polar surface area (TPSA) is 21.3 Å². The number of halogens is 1. The SMILES string of the molecule is C=C(Cl)COC1CC(CNC)C1. The Morgan fingerprint density at radius 1 is 1.67 bits per heavy atom. The molecule has 0 amide bonds. The van der Waals surface area contributed by atoms with E-state index in [0.29, 0.717) is 17.7 Å². The molecule has 1 aliphatic rings. The van der Waals surface area contributed by atoms with Gasteiger partial charge in [0.25, 0.3) is 0 Å². The fourth-order valence-corrected chi connectivity index (χ4v) is 1.54. The smallest absolute Gasteiger partial charge is 0.0820 e. The second kappa shape index (κ2) is 4.85. The van der Waals surface area contributed by atoms with Gasteiger partial charge in [0.2, 0.25) is 0 Å². The number of rotatable bonds is 5. The molecule has 0 atom stereocenters. The van der Waals surface area contributed by atoms with E-state index in [1.54, 1.807) is 0 Å². The standard InChI is InChI=1S/C9H16ClNO/c1-7(10)6-12-9-3-8(4-9)5-11-2/h8-9,11H,1,3-6H2,2H3. The third-order valence-corrected chi connectivity index (χ3v) is 2.27. The monoisotopic (exact) mass is 189 g/mol. The molecule has 0 aromatic carbocycles. The van der Waals surface area contributed by atoms with Crippen LogP contribution in [0.5, 0.6) is 0 Å². The van der Waals surface area contributed by atoms with Crippen molar-refractivity contribution in [2.24, 2.45) is 5.92 Å². The maximum atomic E-state index is 5.57. The minimum atomic E-state index is 0.416. The van der Waals surface area contributed by atoms with E-state index in [-0.39, 0.29) is 0 Å². The van der Waals surface area contributed by atoms with Crippen molar-refractivity contribution in [3.63, 3.8) is 0 Å². The van der Waals surface area contributed by atoms with Gasteiger partial charge in [-0.15, -0.1) is 0 Å². The van der Waals surface area contributed by atoms with Crippen molar-refractivity contribution in [3.8, 4) is 0 Å². The summed E-state index contributed by atoms with van der Waals surface area (Å²) in [6.07, 6.45) is 2.73. The van der Waals surface area contributed by atoms with E-state index in [0.717, 1.165) is 25.3 Å². The van der Waals surface area contributed by atoms with Crippen molar-refractivity contribution in [1.29, 1.82) is 0 Å². The molecule has 0 saturated heterocycles. The summed E-state index contributed by atoms with van der Waals surface area (Å²) in [6, 6.07) is 0. The van der Waals surface area contributed by atoms with E-state index in [4.69, 9.17) is 16.3 Å². The Kier molecular flexibility index (Phi) is 4.06. The summed E-state index contributed by atoms with van der Waals surface area (Å²) in [4.78, 5) is 0. The van der Waals surface area contributed by atoms with Crippen molar-refractivity contribution in [2.45, 2.75) is 18.9 Å². The van der Waals surface area contributed by atoms with E-state index in [9.17, 15) is 0 Å². The Morgan fingerprint density at radius 3 is 2.83 bits per heavy atom. The first-order chi connectivity index (χ1) is 5.72. The van der Waals surface area contributed by atoms with Gasteiger partial charge in [0.15, 0.2) is 0 Å². The first-order valence-corrected chi connectivity index (χ1v) is 4.69. The zero-order valence-corrected chi connectivity index (χ0v) is 8.23. The van der Waals surface area contributed by atoms with Crippen LogP contribution in [0.2, 0.25) is 0 Å². The van der Waals surface area contributed by atoms with E-state index in [2.05, 4.69) is 11.9 Å². The normalized spacial score (nSPS) is 28.2.